The van der Waals surface area contributed by atoms with E-state index in [9.17, 15) is 19.8 Å². The Bertz CT molecular complexity index is 1630. The van der Waals surface area contributed by atoms with Gasteiger partial charge >= 0.3 is 11.9 Å². The van der Waals surface area contributed by atoms with Gasteiger partial charge in [0.1, 0.15) is 50.1 Å². The van der Waals surface area contributed by atoms with Crippen molar-refractivity contribution >= 4 is 11.9 Å². The predicted molar refractivity (Wildman–Crippen MR) is 198 cm³/mol. The zero-order valence-corrected chi connectivity index (χ0v) is 29.8. The summed E-state index contributed by atoms with van der Waals surface area (Å²) in [6.07, 6.45) is 5.02. The van der Waals surface area contributed by atoms with Gasteiger partial charge in [0.05, 0.1) is 0 Å². The number of aliphatic hydroxyl groups excluding tert-OH is 2. The summed E-state index contributed by atoms with van der Waals surface area (Å²) in [5, 5.41) is 20.9. The van der Waals surface area contributed by atoms with Gasteiger partial charge in [0.15, 0.2) is 0 Å². The van der Waals surface area contributed by atoms with Crippen LogP contribution in [0.2, 0.25) is 0 Å². The van der Waals surface area contributed by atoms with Gasteiger partial charge in [0, 0.05) is 30.4 Å². The van der Waals surface area contributed by atoms with Crippen LogP contribution < -0.4 is 9.47 Å². The van der Waals surface area contributed by atoms with Gasteiger partial charge in [-0.2, -0.15) is 0 Å². The molecule has 4 rings (SSSR count). The minimum atomic E-state index is -0.988. The van der Waals surface area contributed by atoms with Gasteiger partial charge in [-0.05, 0) is 59.4 Å². The highest BCUT2D eigenvalue weighted by Gasteiger charge is 2.26. The van der Waals surface area contributed by atoms with E-state index in [1.54, 1.807) is 26.0 Å². The van der Waals surface area contributed by atoms with Gasteiger partial charge in [-0.25, -0.2) is 9.59 Å². The molecule has 0 spiro atoms. The van der Waals surface area contributed by atoms with Crippen LogP contribution in [0.4, 0.5) is 0 Å². The van der Waals surface area contributed by atoms with Crippen molar-refractivity contribution in [2.45, 2.75) is 58.2 Å². The molecule has 4 aromatic carbocycles. The number of carbonyl (C=O) groups is 2. The van der Waals surface area contributed by atoms with Crippen LogP contribution in [-0.2, 0) is 37.3 Å². The second-order valence-corrected chi connectivity index (χ2v) is 12.8. The lowest BCUT2D eigenvalue weighted by atomic mass is 9.76. The zero-order chi connectivity index (χ0) is 36.6. The summed E-state index contributed by atoms with van der Waals surface area (Å²) in [5.41, 5.74) is 5.84. The van der Waals surface area contributed by atoms with Crippen molar-refractivity contribution in [1.82, 2.24) is 0 Å². The number of ether oxygens (including phenoxy) is 4. The first-order valence-corrected chi connectivity index (χ1v) is 17.1. The molecular formula is C43H48O8. The predicted octanol–water partition coefficient (Wildman–Crippen LogP) is 6.91. The summed E-state index contributed by atoms with van der Waals surface area (Å²) < 4.78 is 22.4. The number of hydrogen-bond acceptors (Lipinski definition) is 8. The first-order valence-electron chi connectivity index (χ1n) is 17.1. The van der Waals surface area contributed by atoms with Crippen LogP contribution in [0.3, 0.4) is 0 Å². The molecule has 8 nitrogen and oxygen atoms in total. The van der Waals surface area contributed by atoms with Crippen molar-refractivity contribution < 1.29 is 38.7 Å². The quantitative estimate of drug-likeness (QED) is 0.0855. The Morgan fingerprint density at radius 3 is 1.37 bits per heavy atom. The number of hydrogen-bond donors (Lipinski definition) is 2. The molecule has 0 fully saturated rings. The normalized spacial score (nSPS) is 12.8. The van der Waals surface area contributed by atoms with E-state index in [0.29, 0.717) is 24.3 Å². The third-order valence-corrected chi connectivity index (χ3v) is 8.34. The molecule has 2 unspecified atom stereocenters. The smallest absolute Gasteiger partial charge is 0.330 e. The fourth-order valence-electron chi connectivity index (χ4n) is 5.49. The fourth-order valence-corrected chi connectivity index (χ4v) is 5.49. The number of rotatable bonds is 18. The Labute approximate surface area is 301 Å². The summed E-state index contributed by atoms with van der Waals surface area (Å²) in [6.45, 7) is 7.36. The monoisotopic (exact) mass is 692 g/mol. The molecule has 268 valence electrons. The summed E-state index contributed by atoms with van der Waals surface area (Å²) in [7, 11) is 0. The Hall–Kier alpha value is -5.18. The average Bonchev–Trinajstić information content (AvgIpc) is 3.13. The Balaban J connectivity index is 1.59. The van der Waals surface area contributed by atoms with E-state index in [0.717, 1.165) is 33.4 Å². The highest BCUT2D eigenvalue weighted by molar-refractivity contribution is 5.82. The zero-order valence-electron chi connectivity index (χ0n) is 29.8. The largest absolute Gasteiger partial charge is 0.490 e. The molecule has 0 saturated carbocycles. The van der Waals surface area contributed by atoms with E-state index in [4.69, 9.17) is 18.9 Å². The van der Waals surface area contributed by atoms with Crippen LogP contribution in [0.15, 0.2) is 121 Å². The molecule has 2 N–H and O–H groups in total. The summed E-state index contributed by atoms with van der Waals surface area (Å²) in [5.74, 6) is 0.251. The molecule has 0 amide bonds. The molecule has 0 aliphatic heterocycles. The van der Waals surface area contributed by atoms with Gasteiger partial charge in [-0.15, -0.1) is 0 Å². The first kappa shape index (κ1) is 38.6. The molecule has 0 aromatic heterocycles. The maximum atomic E-state index is 11.7. The average molecular weight is 693 g/mol. The van der Waals surface area contributed by atoms with E-state index in [2.05, 4.69) is 50.2 Å². The molecule has 2 atom stereocenters. The van der Waals surface area contributed by atoms with Crippen LogP contribution in [0.5, 0.6) is 11.5 Å². The second kappa shape index (κ2) is 19.3. The van der Waals surface area contributed by atoms with E-state index in [1.807, 2.05) is 60.7 Å². The van der Waals surface area contributed by atoms with Gasteiger partial charge in [0.2, 0.25) is 0 Å². The number of allylic oxidation sites excluding steroid dienone is 2. The molecule has 0 aliphatic carbocycles. The van der Waals surface area contributed by atoms with Crippen molar-refractivity contribution in [3.8, 4) is 11.5 Å². The van der Waals surface area contributed by atoms with E-state index < -0.39 is 29.6 Å². The van der Waals surface area contributed by atoms with Gasteiger partial charge in [0.25, 0.3) is 0 Å². The molecule has 8 heteroatoms. The highest BCUT2D eigenvalue weighted by Crippen LogP contribution is 2.37. The molecule has 51 heavy (non-hydrogen) atoms. The van der Waals surface area contributed by atoms with Crippen molar-refractivity contribution in [2.75, 3.05) is 26.4 Å². The maximum absolute atomic E-state index is 11.7. The summed E-state index contributed by atoms with van der Waals surface area (Å²) in [6, 6.07) is 32.4. The molecule has 4 aromatic rings. The Kier molecular flexibility index (Phi) is 14.6. The highest BCUT2D eigenvalue weighted by atomic mass is 16.6. The lowest BCUT2D eigenvalue weighted by molar-refractivity contribution is -0.142. The van der Waals surface area contributed by atoms with Crippen LogP contribution in [0, 0.1) is 0 Å². The summed E-state index contributed by atoms with van der Waals surface area (Å²) >= 11 is 0. The molecule has 0 heterocycles. The van der Waals surface area contributed by atoms with Crippen molar-refractivity contribution in [3.63, 3.8) is 0 Å². The van der Waals surface area contributed by atoms with Crippen LogP contribution >= 0.6 is 0 Å². The number of benzene rings is 4. The standard InChI is InChI=1S/C43H48O8/c1-5-13-41(46)50-29-37(44)27-48-39-21-19-35(25-33(39)23-31-15-9-7-10-16-31)43(3,4)36-20-22-40(34(26-36)24-32-17-11-8-12-18-32)49-28-38(45)30-51-42(47)14-6-2/h5-22,25-26,37-38,44-45H,23-24,27-30H2,1-4H3. The lowest BCUT2D eigenvalue weighted by Crippen LogP contribution is -2.25. The van der Waals surface area contributed by atoms with Crippen molar-refractivity contribution in [2.24, 2.45) is 0 Å². The maximum Gasteiger partial charge on any atom is 0.330 e. The number of aliphatic hydroxyl groups is 2. The number of carbonyl (C=O) groups excluding carboxylic acids is 2. The Morgan fingerprint density at radius 2 is 1.00 bits per heavy atom. The first-order chi connectivity index (χ1) is 24.6. The third kappa shape index (κ3) is 12.0. The van der Waals surface area contributed by atoms with Crippen LogP contribution in [-0.4, -0.2) is 60.8 Å². The minimum absolute atomic E-state index is 0.0368. The lowest BCUT2D eigenvalue weighted by Gasteiger charge is -2.29. The van der Waals surface area contributed by atoms with Gasteiger partial charge in [-0.3, -0.25) is 0 Å². The van der Waals surface area contributed by atoms with Crippen LogP contribution in [0.1, 0.15) is 61.1 Å². The van der Waals surface area contributed by atoms with E-state index >= 15 is 0 Å². The molecule has 0 radical (unpaired) electrons. The SMILES string of the molecule is CC=CC(=O)OCC(O)COc1ccc(C(C)(C)c2ccc(OCC(O)COC(=O)C=CC)c(Cc3ccccc3)c2)cc1Cc1ccccc1. The topological polar surface area (TPSA) is 112 Å². The third-order valence-electron chi connectivity index (χ3n) is 8.34. The Morgan fingerprint density at radius 1 is 0.608 bits per heavy atom. The van der Waals surface area contributed by atoms with E-state index in [1.165, 1.54) is 12.2 Å². The van der Waals surface area contributed by atoms with Gasteiger partial charge in [-0.1, -0.05) is 111 Å². The van der Waals surface area contributed by atoms with Crippen LogP contribution in [0.25, 0.3) is 0 Å². The molecule has 0 saturated heterocycles. The fraction of sp³-hybridized carbons (Fsp3) is 0.302. The van der Waals surface area contributed by atoms with Gasteiger partial charge < -0.3 is 29.2 Å². The van der Waals surface area contributed by atoms with E-state index in [-0.39, 0.29) is 26.4 Å². The van der Waals surface area contributed by atoms with Crippen molar-refractivity contribution in [1.29, 1.82) is 0 Å². The summed E-state index contributed by atoms with van der Waals surface area (Å²) in [4.78, 5) is 23.4. The molecule has 0 aliphatic rings. The second-order valence-electron chi connectivity index (χ2n) is 12.8. The number of esters is 2. The molecule has 0 bridgehead atoms. The molecular weight excluding hydrogens is 644 g/mol. The van der Waals surface area contributed by atoms with Crippen molar-refractivity contribution in [3.05, 3.63) is 155 Å². The minimum Gasteiger partial charge on any atom is -0.490 e.